The lowest BCUT2D eigenvalue weighted by atomic mass is 10.0. The molecule has 3 N–H and O–H groups in total. The fourth-order valence-electron chi connectivity index (χ4n) is 1.75. The first kappa shape index (κ1) is 12.8. The Balaban J connectivity index is 2.24. The van der Waals surface area contributed by atoms with Crippen molar-refractivity contribution in [1.29, 1.82) is 0 Å². The van der Waals surface area contributed by atoms with Gasteiger partial charge >= 0.3 is 0 Å². The van der Waals surface area contributed by atoms with Crippen molar-refractivity contribution in [3.8, 4) is 0 Å². The fourth-order valence-corrected chi connectivity index (χ4v) is 1.75. The number of ketones is 1. The first-order valence-electron chi connectivity index (χ1n) is 5.58. The number of allylic oxidation sites excluding steroid dienone is 1. The van der Waals surface area contributed by atoms with E-state index in [4.69, 9.17) is 9.84 Å². The molecule has 0 radical (unpaired) electrons. The molecule has 0 amide bonds. The second-order valence-electron chi connectivity index (χ2n) is 4.05. The summed E-state index contributed by atoms with van der Waals surface area (Å²) in [6, 6.07) is 8.45. The van der Waals surface area contributed by atoms with Crippen molar-refractivity contribution < 1.29 is 24.9 Å². The number of ether oxygens (including phenoxy) is 1. The predicted molar refractivity (Wildman–Crippen MR) is 62.8 cm³/mol. The molecule has 1 aromatic carbocycles. The number of carbonyl (C=O) groups is 1. The van der Waals surface area contributed by atoms with E-state index >= 15 is 0 Å². The molecular formula is C13H14O5. The standard InChI is InChI=1S/C13H14O5/c14-7-11-13(17)9(15)6-10(18-11)12(16)8-4-2-1-3-5-8/h1-6,9,11,13-15,17H,7H2/t9-,11-,13-/m1/s1. The van der Waals surface area contributed by atoms with Crippen LogP contribution in [-0.2, 0) is 4.74 Å². The van der Waals surface area contributed by atoms with Crippen LogP contribution in [-0.4, -0.2) is 46.0 Å². The van der Waals surface area contributed by atoms with Gasteiger partial charge < -0.3 is 20.1 Å². The monoisotopic (exact) mass is 250 g/mol. The largest absolute Gasteiger partial charge is 0.481 e. The quantitative estimate of drug-likeness (QED) is 0.650. The van der Waals surface area contributed by atoms with Crippen LogP contribution in [0.5, 0.6) is 0 Å². The van der Waals surface area contributed by atoms with E-state index in [9.17, 15) is 15.0 Å². The lowest BCUT2D eigenvalue weighted by Crippen LogP contribution is -2.44. The molecule has 0 unspecified atom stereocenters. The minimum atomic E-state index is -1.23. The Morgan fingerprint density at radius 3 is 2.50 bits per heavy atom. The van der Waals surface area contributed by atoms with Crippen LogP contribution >= 0.6 is 0 Å². The van der Waals surface area contributed by atoms with Gasteiger partial charge in [0, 0.05) is 5.56 Å². The Bertz CT molecular complexity index is 454. The maximum atomic E-state index is 12.0. The van der Waals surface area contributed by atoms with Crippen molar-refractivity contribution in [2.24, 2.45) is 0 Å². The zero-order valence-electron chi connectivity index (χ0n) is 9.56. The molecule has 0 saturated heterocycles. The number of rotatable bonds is 3. The highest BCUT2D eigenvalue weighted by atomic mass is 16.5. The highest BCUT2D eigenvalue weighted by Gasteiger charge is 2.34. The molecular weight excluding hydrogens is 236 g/mol. The molecule has 2 rings (SSSR count). The maximum Gasteiger partial charge on any atom is 0.227 e. The third-order valence-corrected chi connectivity index (χ3v) is 2.77. The number of Topliss-reactive ketones (excluding diaryl/α,β-unsaturated/α-hetero) is 1. The molecule has 0 fully saturated rings. The molecule has 18 heavy (non-hydrogen) atoms. The summed E-state index contributed by atoms with van der Waals surface area (Å²) < 4.78 is 5.19. The third-order valence-electron chi connectivity index (χ3n) is 2.77. The van der Waals surface area contributed by atoms with Crippen LogP contribution in [0.25, 0.3) is 0 Å². The van der Waals surface area contributed by atoms with Crippen LogP contribution in [0.1, 0.15) is 10.4 Å². The topological polar surface area (TPSA) is 87.0 Å². The van der Waals surface area contributed by atoms with Crippen LogP contribution in [0.2, 0.25) is 0 Å². The third kappa shape index (κ3) is 2.43. The summed E-state index contributed by atoms with van der Waals surface area (Å²) in [5.41, 5.74) is 0.420. The van der Waals surface area contributed by atoms with Gasteiger partial charge in [0.1, 0.15) is 12.2 Å². The van der Waals surface area contributed by atoms with Crippen LogP contribution < -0.4 is 0 Å². The average Bonchev–Trinajstić information content (AvgIpc) is 2.42. The molecule has 96 valence electrons. The van der Waals surface area contributed by atoms with Crippen LogP contribution in [0.15, 0.2) is 42.2 Å². The molecule has 1 aliphatic rings. The van der Waals surface area contributed by atoms with Crippen molar-refractivity contribution in [3.05, 3.63) is 47.7 Å². The Labute approximate surface area is 104 Å². The maximum absolute atomic E-state index is 12.0. The van der Waals surface area contributed by atoms with Crippen LogP contribution in [0, 0.1) is 0 Å². The summed E-state index contributed by atoms with van der Waals surface area (Å²) in [5, 5.41) is 28.1. The van der Waals surface area contributed by atoms with Crippen LogP contribution in [0.3, 0.4) is 0 Å². The van der Waals surface area contributed by atoms with Gasteiger partial charge in [-0.05, 0) is 6.08 Å². The summed E-state index contributed by atoms with van der Waals surface area (Å²) in [6.45, 7) is -0.475. The molecule has 1 aliphatic heterocycles. The van der Waals surface area contributed by atoms with E-state index in [1.165, 1.54) is 0 Å². The average molecular weight is 250 g/mol. The Morgan fingerprint density at radius 2 is 1.89 bits per heavy atom. The Hall–Kier alpha value is -1.69. The highest BCUT2D eigenvalue weighted by molar-refractivity contribution is 6.07. The van der Waals surface area contributed by atoms with Gasteiger partial charge in [-0.3, -0.25) is 4.79 Å². The smallest absolute Gasteiger partial charge is 0.227 e. The summed E-state index contributed by atoms with van der Waals surface area (Å²) >= 11 is 0. The number of hydrogen-bond acceptors (Lipinski definition) is 5. The molecule has 0 aliphatic carbocycles. The lowest BCUT2D eigenvalue weighted by Gasteiger charge is -2.30. The summed E-state index contributed by atoms with van der Waals surface area (Å²) in [4.78, 5) is 12.0. The van der Waals surface area contributed by atoms with E-state index in [-0.39, 0.29) is 11.5 Å². The first-order chi connectivity index (χ1) is 8.63. The fraction of sp³-hybridized carbons (Fsp3) is 0.308. The summed E-state index contributed by atoms with van der Waals surface area (Å²) in [5.74, 6) is -0.446. The zero-order chi connectivity index (χ0) is 13.1. The molecule has 0 bridgehead atoms. The molecule has 5 heteroatoms. The van der Waals surface area contributed by atoms with Crippen molar-refractivity contribution >= 4 is 5.78 Å². The highest BCUT2D eigenvalue weighted by Crippen LogP contribution is 2.21. The number of aliphatic hydroxyl groups is 3. The van der Waals surface area contributed by atoms with E-state index < -0.39 is 24.9 Å². The number of carbonyl (C=O) groups excluding carboxylic acids is 1. The Morgan fingerprint density at radius 1 is 1.22 bits per heavy atom. The van der Waals surface area contributed by atoms with Gasteiger partial charge in [-0.15, -0.1) is 0 Å². The molecule has 0 spiro atoms. The second kappa shape index (κ2) is 5.30. The summed E-state index contributed by atoms with van der Waals surface area (Å²) in [6.07, 6.45) is -2.29. The van der Waals surface area contributed by atoms with Crippen molar-refractivity contribution in [2.75, 3.05) is 6.61 Å². The van der Waals surface area contributed by atoms with Crippen LogP contribution in [0.4, 0.5) is 0 Å². The van der Waals surface area contributed by atoms with E-state index in [0.29, 0.717) is 5.56 Å². The van der Waals surface area contributed by atoms with Gasteiger partial charge in [0.05, 0.1) is 6.61 Å². The SMILES string of the molecule is O=C(C1=C[C@@H](O)[C@@H](O)[C@@H](CO)O1)c1ccccc1. The lowest BCUT2D eigenvalue weighted by molar-refractivity contribution is -0.0883. The summed E-state index contributed by atoms with van der Waals surface area (Å²) in [7, 11) is 0. The first-order valence-corrected chi connectivity index (χ1v) is 5.58. The molecule has 1 aromatic rings. The predicted octanol–water partition coefficient (Wildman–Crippen LogP) is -0.134. The number of hydrogen-bond donors (Lipinski definition) is 3. The van der Waals surface area contributed by atoms with E-state index in [0.717, 1.165) is 6.08 Å². The van der Waals surface area contributed by atoms with Crippen molar-refractivity contribution in [3.63, 3.8) is 0 Å². The van der Waals surface area contributed by atoms with Gasteiger partial charge in [-0.2, -0.15) is 0 Å². The van der Waals surface area contributed by atoms with E-state index in [1.54, 1.807) is 30.3 Å². The van der Waals surface area contributed by atoms with E-state index in [2.05, 4.69) is 0 Å². The van der Waals surface area contributed by atoms with Crippen molar-refractivity contribution in [2.45, 2.75) is 18.3 Å². The van der Waals surface area contributed by atoms with Gasteiger partial charge in [-0.25, -0.2) is 0 Å². The molecule has 5 nitrogen and oxygen atoms in total. The van der Waals surface area contributed by atoms with Gasteiger partial charge in [0.25, 0.3) is 0 Å². The molecule has 1 heterocycles. The molecule has 0 saturated carbocycles. The number of aliphatic hydroxyl groups excluding tert-OH is 3. The van der Waals surface area contributed by atoms with Crippen molar-refractivity contribution in [1.82, 2.24) is 0 Å². The van der Waals surface area contributed by atoms with Gasteiger partial charge in [-0.1, -0.05) is 30.3 Å². The van der Waals surface area contributed by atoms with Gasteiger partial charge in [0.2, 0.25) is 5.78 Å². The normalized spacial score (nSPS) is 27.3. The minimum absolute atomic E-state index is 0.0574. The Kier molecular flexibility index (Phi) is 3.76. The second-order valence-corrected chi connectivity index (χ2v) is 4.05. The van der Waals surface area contributed by atoms with E-state index in [1.807, 2.05) is 0 Å². The zero-order valence-corrected chi connectivity index (χ0v) is 9.56. The minimum Gasteiger partial charge on any atom is -0.481 e. The van der Waals surface area contributed by atoms with Gasteiger partial charge in [0.15, 0.2) is 11.9 Å². The number of benzene rings is 1. The molecule has 0 aromatic heterocycles. The molecule has 3 atom stereocenters.